The van der Waals surface area contributed by atoms with Gasteiger partial charge >= 0.3 is 0 Å². The molecule has 1 saturated carbocycles. The summed E-state index contributed by atoms with van der Waals surface area (Å²) in [5.41, 5.74) is 2.59. The van der Waals surface area contributed by atoms with Crippen LogP contribution in [0.25, 0.3) is 0 Å². The minimum atomic E-state index is 0.0913. The Balaban J connectivity index is 1.36. The van der Waals surface area contributed by atoms with Crippen LogP contribution in [0.4, 0.5) is 0 Å². The third-order valence-corrected chi connectivity index (χ3v) is 6.68. The summed E-state index contributed by atoms with van der Waals surface area (Å²) >= 11 is 0. The molecule has 28 heavy (non-hydrogen) atoms. The van der Waals surface area contributed by atoms with Crippen molar-refractivity contribution >= 4 is 11.8 Å². The second-order valence-corrected chi connectivity index (χ2v) is 8.71. The summed E-state index contributed by atoms with van der Waals surface area (Å²) in [6.45, 7) is 1.86. The lowest BCUT2D eigenvalue weighted by molar-refractivity contribution is -0.132. The van der Waals surface area contributed by atoms with Gasteiger partial charge in [0.1, 0.15) is 0 Å². The Morgan fingerprint density at radius 2 is 1.57 bits per heavy atom. The van der Waals surface area contributed by atoms with Gasteiger partial charge in [0.2, 0.25) is 11.8 Å². The maximum atomic E-state index is 12.5. The van der Waals surface area contributed by atoms with Gasteiger partial charge < -0.3 is 10.2 Å². The molecule has 1 saturated heterocycles. The van der Waals surface area contributed by atoms with Gasteiger partial charge in [-0.2, -0.15) is 0 Å². The highest BCUT2D eigenvalue weighted by molar-refractivity contribution is 5.76. The van der Waals surface area contributed by atoms with Crippen molar-refractivity contribution in [3.63, 3.8) is 0 Å². The molecule has 0 aromatic heterocycles. The molecule has 0 radical (unpaired) electrons. The average molecular weight is 385 g/mol. The molecule has 0 spiro atoms. The number of benzene rings is 1. The van der Waals surface area contributed by atoms with Gasteiger partial charge in [0.25, 0.3) is 0 Å². The molecule has 0 unspecified atom stereocenters. The van der Waals surface area contributed by atoms with Gasteiger partial charge in [-0.05, 0) is 55.1 Å². The van der Waals surface area contributed by atoms with Gasteiger partial charge in [-0.15, -0.1) is 0 Å². The number of hydrogen-bond acceptors (Lipinski definition) is 2. The monoisotopic (exact) mass is 384 g/mol. The van der Waals surface area contributed by atoms with Crippen molar-refractivity contribution in [2.75, 3.05) is 20.1 Å². The Morgan fingerprint density at radius 3 is 2.21 bits per heavy atom. The fraction of sp³-hybridized carbons (Fsp3) is 0.667. The third-order valence-electron chi connectivity index (χ3n) is 6.68. The lowest BCUT2D eigenvalue weighted by Crippen LogP contribution is -2.38. The zero-order valence-electron chi connectivity index (χ0n) is 17.4. The van der Waals surface area contributed by atoms with Gasteiger partial charge in [0.05, 0.1) is 0 Å². The first-order valence-electron chi connectivity index (χ1n) is 11.2. The van der Waals surface area contributed by atoms with Crippen molar-refractivity contribution in [2.24, 2.45) is 11.8 Å². The molecule has 3 rings (SSSR count). The van der Waals surface area contributed by atoms with Crippen molar-refractivity contribution in [2.45, 2.75) is 70.6 Å². The molecule has 1 aromatic carbocycles. The largest absolute Gasteiger partial charge is 0.359 e. The van der Waals surface area contributed by atoms with Crippen molar-refractivity contribution in [1.29, 1.82) is 0 Å². The highest BCUT2D eigenvalue weighted by Crippen LogP contribution is 2.29. The smallest absolute Gasteiger partial charge is 0.222 e. The third kappa shape index (κ3) is 6.35. The lowest BCUT2D eigenvalue weighted by atomic mass is 9.89. The molecular weight excluding hydrogens is 348 g/mol. The molecule has 0 bridgehead atoms. The molecular formula is C24H36N2O2. The fourth-order valence-corrected chi connectivity index (χ4v) is 4.73. The van der Waals surface area contributed by atoms with E-state index in [0.717, 1.165) is 57.5 Å². The van der Waals surface area contributed by atoms with Crippen LogP contribution >= 0.6 is 0 Å². The van der Waals surface area contributed by atoms with Gasteiger partial charge in [-0.25, -0.2) is 0 Å². The minimum absolute atomic E-state index is 0.0913. The van der Waals surface area contributed by atoms with E-state index < -0.39 is 0 Å². The molecule has 1 heterocycles. The van der Waals surface area contributed by atoms with Crippen LogP contribution < -0.4 is 5.32 Å². The minimum Gasteiger partial charge on any atom is -0.359 e. The van der Waals surface area contributed by atoms with E-state index in [1.807, 2.05) is 0 Å². The van der Waals surface area contributed by atoms with Crippen molar-refractivity contribution < 1.29 is 9.59 Å². The van der Waals surface area contributed by atoms with E-state index in [1.165, 1.54) is 36.8 Å². The molecule has 1 aliphatic carbocycles. The molecule has 4 nitrogen and oxygen atoms in total. The van der Waals surface area contributed by atoms with E-state index in [4.69, 9.17) is 0 Å². The number of nitrogens with one attached hydrogen (secondary N) is 1. The van der Waals surface area contributed by atoms with Crippen LogP contribution in [0.1, 0.15) is 68.9 Å². The Kier molecular flexibility index (Phi) is 7.93. The number of likely N-dealkylation sites (tertiary alicyclic amines) is 1. The van der Waals surface area contributed by atoms with E-state index in [1.54, 1.807) is 7.05 Å². The van der Waals surface area contributed by atoms with E-state index >= 15 is 0 Å². The van der Waals surface area contributed by atoms with Crippen LogP contribution in [0.2, 0.25) is 0 Å². The van der Waals surface area contributed by atoms with E-state index in [0.29, 0.717) is 18.2 Å². The Bertz CT molecular complexity index is 627. The number of piperidine rings is 1. The molecule has 2 aliphatic rings. The van der Waals surface area contributed by atoms with Gasteiger partial charge in [0, 0.05) is 33.0 Å². The summed E-state index contributed by atoms with van der Waals surface area (Å²) in [6, 6.07) is 8.72. The predicted octanol–water partition coefficient (Wildman–Crippen LogP) is 4.12. The van der Waals surface area contributed by atoms with Crippen LogP contribution in [0.15, 0.2) is 24.3 Å². The van der Waals surface area contributed by atoms with Crippen LogP contribution in [-0.4, -0.2) is 36.9 Å². The number of carbonyl (C=O) groups excluding carboxylic acids is 2. The molecule has 1 aromatic rings. The van der Waals surface area contributed by atoms with Crippen molar-refractivity contribution in [3.8, 4) is 0 Å². The lowest BCUT2D eigenvalue weighted by Gasteiger charge is -2.32. The fourth-order valence-electron chi connectivity index (χ4n) is 4.73. The SMILES string of the molecule is CNC(=O)CCc1ccc(CC2CCN(C(=O)CCC3CCCC3)CC2)cc1. The first-order chi connectivity index (χ1) is 13.6. The number of carbonyl (C=O) groups is 2. The van der Waals surface area contributed by atoms with Crippen molar-refractivity contribution in [1.82, 2.24) is 10.2 Å². The normalized spacial score (nSPS) is 18.4. The molecule has 154 valence electrons. The second-order valence-electron chi connectivity index (χ2n) is 8.71. The summed E-state index contributed by atoms with van der Waals surface area (Å²) < 4.78 is 0. The zero-order valence-corrected chi connectivity index (χ0v) is 17.4. The maximum absolute atomic E-state index is 12.5. The summed E-state index contributed by atoms with van der Waals surface area (Å²) in [6.07, 6.45) is 11.9. The first-order valence-corrected chi connectivity index (χ1v) is 11.2. The molecule has 2 fully saturated rings. The summed E-state index contributed by atoms with van der Waals surface area (Å²) in [7, 11) is 1.68. The number of aryl methyl sites for hydroxylation is 1. The Morgan fingerprint density at radius 1 is 0.929 bits per heavy atom. The standard InChI is InChI=1S/C24H36N2O2/c1-25-23(27)12-10-20-6-8-21(9-7-20)18-22-14-16-26(17-15-22)24(28)13-11-19-4-2-3-5-19/h6-9,19,22H,2-5,10-18H2,1H3,(H,25,27). The van der Waals surface area contributed by atoms with Crippen LogP contribution in [0.5, 0.6) is 0 Å². The maximum Gasteiger partial charge on any atom is 0.222 e. The Hall–Kier alpha value is -1.84. The topological polar surface area (TPSA) is 49.4 Å². The predicted molar refractivity (Wildman–Crippen MR) is 113 cm³/mol. The molecule has 4 heteroatoms. The molecule has 1 aliphatic heterocycles. The van der Waals surface area contributed by atoms with Gasteiger partial charge in [0.15, 0.2) is 0 Å². The average Bonchev–Trinajstić information content (AvgIpc) is 3.25. The van der Waals surface area contributed by atoms with Crippen LogP contribution in [-0.2, 0) is 22.4 Å². The van der Waals surface area contributed by atoms with E-state index in [2.05, 4.69) is 34.5 Å². The quantitative estimate of drug-likeness (QED) is 0.733. The summed E-state index contributed by atoms with van der Waals surface area (Å²) in [5.74, 6) is 1.95. The summed E-state index contributed by atoms with van der Waals surface area (Å²) in [5, 5.41) is 2.67. The zero-order chi connectivity index (χ0) is 19.8. The van der Waals surface area contributed by atoms with Crippen LogP contribution in [0, 0.1) is 11.8 Å². The highest BCUT2D eigenvalue weighted by atomic mass is 16.2. The molecule has 2 amide bonds. The molecule has 0 atom stereocenters. The Labute approximate surface area is 170 Å². The van der Waals surface area contributed by atoms with E-state index in [9.17, 15) is 9.59 Å². The summed E-state index contributed by atoms with van der Waals surface area (Å²) in [4.78, 5) is 25.9. The number of hydrogen-bond donors (Lipinski definition) is 1. The van der Waals surface area contributed by atoms with E-state index in [-0.39, 0.29) is 5.91 Å². The van der Waals surface area contributed by atoms with Crippen molar-refractivity contribution in [3.05, 3.63) is 35.4 Å². The molecule has 1 N–H and O–H groups in total. The van der Waals surface area contributed by atoms with Gasteiger partial charge in [-0.1, -0.05) is 49.9 Å². The van der Waals surface area contributed by atoms with Crippen LogP contribution in [0.3, 0.4) is 0 Å². The second kappa shape index (κ2) is 10.6. The number of rotatable bonds is 8. The van der Waals surface area contributed by atoms with Gasteiger partial charge in [-0.3, -0.25) is 9.59 Å². The first kappa shape index (κ1) is 20.9. The highest BCUT2D eigenvalue weighted by Gasteiger charge is 2.24. The number of nitrogens with zero attached hydrogens (tertiary/aromatic N) is 1. The number of amides is 2.